The summed E-state index contributed by atoms with van der Waals surface area (Å²) in [6, 6.07) is 1.67. The second-order valence-corrected chi connectivity index (χ2v) is 5.39. The SMILES string of the molecule is CCNC(=NCc1cc(C(=O)OC)c(C)o1)NCC1CCCO1. The molecule has 1 unspecified atom stereocenters. The van der Waals surface area contributed by atoms with Gasteiger partial charge < -0.3 is 24.5 Å². The third kappa shape index (κ3) is 4.99. The molecule has 1 atom stereocenters. The summed E-state index contributed by atoms with van der Waals surface area (Å²) >= 11 is 0. The van der Waals surface area contributed by atoms with E-state index in [4.69, 9.17) is 13.9 Å². The van der Waals surface area contributed by atoms with Gasteiger partial charge in [-0.25, -0.2) is 9.79 Å². The number of nitrogens with zero attached hydrogens (tertiary/aromatic N) is 1. The number of hydrogen-bond acceptors (Lipinski definition) is 5. The van der Waals surface area contributed by atoms with E-state index < -0.39 is 5.97 Å². The van der Waals surface area contributed by atoms with Crippen LogP contribution in [0.2, 0.25) is 0 Å². The van der Waals surface area contributed by atoms with Crippen LogP contribution in [-0.4, -0.2) is 44.8 Å². The van der Waals surface area contributed by atoms with Crippen molar-refractivity contribution in [2.24, 2.45) is 4.99 Å². The first-order chi connectivity index (χ1) is 11.1. The second kappa shape index (κ2) is 8.57. The number of nitrogens with one attached hydrogen (secondary N) is 2. The molecule has 0 radical (unpaired) electrons. The summed E-state index contributed by atoms with van der Waals surface area (Å²) in [6.45, 7) is 6.43. The molecule has 0 amide bonds. The summed E-state index contributed by atoms with van der Waals surface area (Å²) < 4.78 is 15.9. The quantitative estimate of drug-likeness (QED) is 0.470. The zero-order chi connectivity index (χ0) is 16.7. The van der Waals surface area contributed by atoms with E-state index in [9.17, 15) is 4.79 Å². The van der Waals surface area contributed by atoms with Crippen molar-refractivity contribution >= 4 is 11.9 Å². The molecule has 0 saturated carbocycles. The summed E-state index contributed by atoms with van der Waals surface area (Å²) in [6.07, 6.45) is 2.43. The molecule has 128 valence electrons. The molecule has 2 heterocycles. The van der Waals surface area contributed by atoms with Crippen LogP contribution in [0.4, 0.5) is 0 Å². The van der Waals surface area contributed by atoms with Crippen LogP contribution in [0.5, 0.6) is 0 Å². The van der Waals surface area contributed by atoms with Crippen LogP contribution < -0.4 is 10.6 Å². The maximum absolute atomic E-state index is 11.6. The van der Waals surface area contributed by atoms with Crippen molar-refractivity contribution in [1.82, 2.24) is 10.6 Å². The van der Waals surface area contributed by atoms with Crippen LogP contribution in [0.15, 0.2) is 15.5 Å². The van der Waals surface area contributed by atoms with Gasteiger partial charge in [0.15, 0.2) is 5.96 Å². The minimum atomic E-state index is -0.398. The number of ether oxygens (including phenoxy) is 2. The Labute approximate surface area is 136 Å². The minimum Gasteiger partial charge on any atom is -0.465 e. The van der Waals surface area contributed by atoms with Gasteiger partial charge in [-0.05, 0) is 32.8 Å². The van der Waals surface area contributed by atoms with Crippen LogP contribution in [0.3, 0.4) is 0 Å². The highest BCUT2D eigenvalue weighted by atomic mass is 16.5. The first-order valence-electron chi connectivity index (χ1n) is 7.95. The number of aryl methyl sites for hydroxylation is 1. The molecule has 1 aliphatic rings. The van der Waals surface area contributed by atoms with Crippen LogP contribution in [-0.2, 0) is 16.0 Å². The zero-order valence-corrected chi connectivity index (χ0v) is 14.0. The Kier molecular flexibility index (Phi) is 6.46. The third-order valence-corrected chi connectivity index (χ3v) is 3.63. The fourth-order valence-electron chi connectivity index (χ4n) is 2.45. The number of methoxy groups -OCH3 is 1. The molecule has 7 heteroatoms. The van der Waals surface area contributed by atoms with Crippen LogP contribution in [0, 0.1) is 6.92 Å². The van der Waals surface area contributed by atoms with Gasteiger partial charge in [-0.1, -0.05) is 0 Å². The van der Waals surface area contributed by atoms with Crippen molar-refractivity contribution in [3.05, 3.63) is 23.2 Å². The first-order valence-corrected chi connectivity index (χ1v) is 7.95. The molecule has 0 aliphatic carbocycles. The molecular formula is C16H25N3O4. The summed E-state index contributed by atoms with van der Waals surface area (Å²) in [4.78, 5) is 16.1. The number of hydrogen-bond donors (Lipinski definition) is 2. The van der Waals surface area contributed by atoms with E-state index >= 15 is 0 Å². The van der Waals surface area contributed by atoms with Gasteiger partial charge in [0.1, 0.15) is 23.6 Å². The largest absolute Gasteiger partial charge is 0.465 e. The van der Waals surface area contributed by atoms with Crippen LogP contribution in [0.25, 0.3) is 0 Å². The predicted octanol–water partition coefficient (Wildman–Crippen LogP) is 1.61. The van der Waals surface area contributed by atoms with Gasteiger partial charge in [0.25, 0.3) is 0 Å². The number of carbonyl (C=O) groups is 1. The maximum atomic E-state index is 11.6. The number of furan rings is 1. The highest BCUT2D eigenvalue weighted by Crippen LogP contribution is 2.16. The maximum Gasteiger partial charge on any atom is 0.341 e. The Morgan fingerprint density at radius 3 is 2.96 bits per heavy atom. The van der Waals surface area contributed by atoms with Crippen molar-refractivity contribution < 1.29 is 18.7 Å². The minimum absolute atomic E-state index is 0.246. The smallest absolute Gasteiger partial charge is 0.341 e. The molecule has 1 saturated heterocycles. The van der Waals surface area contributed by atoms with E-state index in [1.165, 1.54) is 7.11 Å². The fourth-order valence-corrected chi connectivity index (χ4v) is 2.45. The molecule has 1 aromatic heterocycles. The summed E-state index contributed by atoms with van der Waals surface area (Å²) in [7, 11) is 1.35. The molecule has 1 fully saturated rings. The molecule has 2 N–H and O–H groups in total. The van der Waals surface area contributed by atoms with E-state index in [2.05, 4.69) is 15.6 Å². The Morgan fingerprint density at radius 1 is 1.48 bits per heavy atom. The Bertz CT molecular complexity index is 548. The van der Waals surface area contributed by atoms with Crippen molar-refractivity contribution in [2.75, 3.05) is 26.8 Å². The number of carbonyl (C=O) groups excluding carboxylic acids is 1. The second-order valence-electron chi connectivity index (χ2n) is 5.39. The van der Waals surface area contributed by atoms with Gasteiger partial charge in [-0.3, -0.25) is 0 Å². The van der Waals surface area contributed by atoms with Crippen molar-refractivity contribution in [2.45, 2.75) is 39.3 Å². The number of rotatable bonds is 6. The molecule has 1 aliphatic heterocycles. The summed E-state index contributed by atoms with van der Waals surface area (Å²) in [5, 5.41) is 6.45. The summed E-state index contributed by atoms with van der Waals surface area (Å²) in [5.41, 5.74) is 0.440. The van der Waals surface area contributed by atoms with E-state index in [0.29, 0.717) is 29.6 Å². The van der Waals surface area contributed by atoms with E-state index in [1.54, 1.807) is 13.0 Å². The molecule has 0 bridgehead atoms. The first kappa shape index (κ1) is 17.3. The van der Waals surface area contributed by atoms with Gasteiger partial charge >= 0.3 is 5.97 Å². The molecule has 0 aromatic carbocycles. The Balaban J connectivity index is 1.94. The van der Waals surface area contributed by atoms with Crippen molar-refractivity contribution in [3.63, 3.8) is 0 Å². The molecule has 1 aromatic rings. The standard InChI is InChI=1S/C16H25N3O4/c1-4-17-16(18-9-12-6-5-7-22-12)19-10-13-8-14(11(2)23-13)15(20)21-3/h8,12H,4-7,9-10H2,1-3H3,(H2,17,18,19). The van der Waals surface area contributed by atoms with Gasteiger partial charge in [0.2, 0.25) is 0 Å². The molecule has 2 rings (SSSR count). The Morgan fingerprint density at radius 2 is 2.30 bits per heavy atom. The average molecular weight is 323 g/mol. The lowest BCUT2D eigenvalue weighted by atomic mass is 10.2. The molecule has 0 spiro atoms. The lowest BCUT2D eigenvalue weighted by Crippen LogP contribution is -2.41. The lowest BCUT2D eigenvalue weighted by Gasteiger charge is -2.14. The van der Waals surface area contributed by atoms with Crippen molar-refractivity contribution in [1.29, 1.82) is 0 Å². The number of aliphatic imine (C=N–C) groups is 1. The Hall–Kier alpha value is -2.02. The van der Waals surface area contributed by atoms with E-state index in [-0.39, 0.29) is 6.10 Å². The predicted molar refractivity (Wildman–Crippen MR) is 86.6 cm³/mol. The number of guanidine groups is 1. The van der Waals surface area contributed by atoms with E-state index in [1.807, 2.05) is 6.92 Å². The normalized spacial score (nSPS) is 18.0. The monoisotopic (exact) mass is 323 g/mol. The van der Waals surface area contributed by atoms with Gasteiger partial charge in [0, 0.05) is 19.7 Å². The van der Waals surface area contributed by atoms with Gasteiger partial charge in [0.05, 0.1) is 13.2 Å². The number of esters is 1. The average Bonchev–Trinajstić information content (AvgIpc) is 3.19. The lowest BCUT2D eigenvalue weighted by molar-refractivity contribution is 0.0599. The van der Waals surface area contributed by atoms with Gasteiger partial charge in [-0.15, -0.1) is 0 Å². The van der Waals surface area contributed by atoms with Crippen LogP contribution in [0.1, 0.15) is 41.6 Å². The highest BCUT2D eigenvalue weighted by Gasteiger charge is 2.16. The van der Waals surface area contributed by atoms with E-state index in [0.717, 1.165) is 32.5 Å². The highest BCUT2D eigenvalue weighted by molar-refractivity contribution is 5.90. The summed E-state index contributed by atoms with van der Waals surface area (Å²) in [5.74, 6) is 1.47. The molecule has 23 heavy (non-hydrogen) atoms. The topological polar surface area (TPSA) is 85.1 Å². The van der Waals surface area contributed by atoms with Crippen molar-refractivity contribution in [3.8, 4) is 0 Å². The fraction of sp³-hybridized carbons (Fsp3) is 0.625. The zero-order valence-electron chi connectivity index (χ0n) is 14.0. The molecular weight excluding hydrogens is 298 g/mol. The molecule has 7 nitrogen and oxygen atoms in total. The van der Waals surface area contributed by atoms with Gasteiger partial charge in [-0.2, -0.15) is 0 Å². The van der Waals surface area contributed by atoms with Crippen LogP contribution >= 0.6 is 0 Å². The third-order valence-electron chi connectivity index (χ3n) is 3.63.